The Bertz CT molecular complexity index is 1660. The van der Waals surface area contributed by atoms with Gasteiger partial charge in [0.05, 0.1) is 5.52 Å². The fraction of sp³-hybridized carbons (Fsp3) is 0.387. The fourth-order valence-electron chi connectivity index (χ4n) is 6.43. The first-order valence-corrected chi connectivity index (χ1v) is 13.9. The number of Topliss-reactive ketones (excluding diaryl/α,β-unsaturated/α-hetero) is 1. The van der Waals surface area contributed by atoms with E-state index < -0.39 is 6.04 Å². The number of likely N-dealkylation sites (tertiary alicyclic amines) is 1. The van der Waals surface area contributed by atoms with E-state index in [4.69, 9.17) is 0 Å². The van der Waals surface area contributed by atoms with Gasteiger partial charge in [-0.15, -0.1) is 0 Å². The monoisotopic (exact) mass is 551 g/mol. The second-order valence-corrected chi connectivity index (χ2v) is 11.6. The minimum atomic E-state index is -0.556. The molecular formula is C31H33N7O3. The maximum absolute atomic E-state index is 14.0. The van der Waals surface area contributed by atoms with Crippen molar-refractivity contribution in [3.63, 3.8) is 0 Å². The molecule has 4 aromatic rings. The minimum Gasteiger partial charge on any atom is -0.350 e. The van der Waals surface area contributed by atoms with Crippen molar-refractivity contribution in [1.29, 1.82) is 0 Å². The molecule has 0 unspecified atom stereocenters. The van der Waals surface area contributed by atoms with Gasteiger partial charge in [-0.05, 0) is 73.4 Å². The Morgan fingerprint density at radius 1 is 1.10 bits per heavy atom. The zero-order valence-corrected chi connectivity index (χ0v) is 23.7. The molecule has 1 aliphatic carbocycles. The first-order valence-electron chi connectivity index (χ1n) is 13.9. The van der Waals surface area contributed by atoms with Gasteiger partial charge in [0.2, 0.25) is 11.8 Å². The van der Waals surface area contributed by atoms with Gasteiger partial charge in [-0.1, -0.05) is 13.0 Å². The van der Waals surface area contributed by atoms with Crippen molar-refractivity contribution >= 4 is 28.5 Å². The SMILES string of the molecule is CC(=O)c1nn(CC(=O)N2[C@H](C(=O)NCc3cccnc3)C[C@@]3(C)CC[C@@H]23)c2c(C)cc(-c3cnc(C)nc3)cc12. The topological polar surface area (TPSA) is 123 Å². The van der Waals surface area contributed by atoms with Crippen LogP contribution in [-0.2, 0) is 22.7 Å². The van der Waals surface area contributed by atoms with Crippen LogP contribution >= 0.6 is 0 Å². The Labute approximate surface area is 238 Å². The maximum atomic E-state index is 14.0. The third-order valence-corrected chi connectivity index (χ3v) is 8.67. The molecule has 210 valence electrons. The number of benzene rings is 1. The number of rotatable bonds is 7. The number of carbonyl (C=O) groups excluding carboxylic acids is 3. The number of ketones is 1. The number of nitrogens with zero attached hydrogens (tertiary/aromatic N) is 6. The maximum Gasteiger partial charge on any atom is 0.245 e. The minimum absolute atomic E-state index is 0.00693. The van der Waals surface area contributed by atoms with E-state index in [0.29, 0.717) is 29.9 Å². The number of aromatic nitrogens is 5. The van der Waals surface area contributed by atoms with Crippen LogP contribution in [0.4, 0.5) is 0 Å². The molecule has 4 heterocycles. The van der Waals surface area contributed by atoms with Crippen LogP contribution in [0.2, 0.25) is 0 Å². The van der Waals surface area contributed by atoms with Crippen LogP contribution in [-0.4, -0.2) is 59.3 Å². The molecule has 41 heavy (non-hydrogen) atoms. The van der Waals surface area contributed by atoms with Crippen LogP contribution in [0.1, 0.15) is 60.5 Å². The van der Waals surface area contributed by atoms with Gasteiger partial charge >= 0.3 is 0 Å². The van der Waals surface area contributed by atoms with Crippen molar-refractivity contribution in [1.82, 2.24) is 34.9 Å². The molecule has 1 N–H and O–H groups in total. The van der Waals surface area contributed by atoms with Gasteiger partial charge in [0.15, 0.2) is 5.78 Å². The Kier molecular flexibility index (Phi) is 6.63. The number of carbonyl (C=O) groups is 3. The second kappa shape index (κ2) is 10.2. The summed E-state index contributed by atoms with van der Waals surface area (Å²) in [6, 6.07) is 7.10. The lowest BCUT2D eigenvalue weighted by atomic mass is 9.66. The van der Waals surface area contributed by atoms with E-state index in [1.165, 1.54) is 6.92 Å². The summed E-state index contributed by atoms with van der Waals surface area (Å²) in [6.45, 7) is 7.71. The molecule has 2 amide bonds. The van der Waals surface area contributed by atoms with Crippen molar-refractivity contribution in [2.24, 2.45) is 5.41 Å². The van der Waals surface area contributed by atoms with Crippen LogP contribution in [0.25, 0.3) is 22.0 Å². The van der Waals surface area contributed by atoms with Crippen LogP contribution in [0.5, 0.6) is 0 Å². The summed E-state index contributed by atoms with van der Waals surface area (Å²) in [5, 5.41) is 8.31. The third kappa shape index (κ3) is 4.77. The average molecular weight is 552 g/mol. The average Bonchev–Trinajstić information content (AvgIpc) is 3.41. The normalized spacial score (nSPS) is 21.4. The largest absolute Gasteiger partial charge is 0.350 e. The lowest BCUT2D eigenvalue weighted by Gasteiger charge is -2.44. The van der Waals surface area contributed by atoms with Crippen LogP contribution in [0.15, 0.2) is 49.1 Å². The van der Waals surface area contributed by atoms with Gasteiger partial charge in [-0.25, -0.2) is 9.97 Å². The van der Waals surface area contributed by atoms with Gasteiger partial charge in [-0.3, -0.25) is 24.0 Å². The van der Waals surface area contributed by atoms with Crippen LogP contribution < -0.4 is 5.32 Å². The first kappa shape index (κ1) is 26.7. The number of pyridine rings is 1. The van der Waals surface area contributed by atoms with E-state index in [-0.39, 0.29) is 35.6 Å². The number of hydrogen-bond acceptors (Lipinski definition) is 7. The molecule has 1 aromatic carbocycles. The van der Waals surface area contributed by atoms with Crippen molar-refractivity contribution < 1.29 is 14.4 Å². The van der Waals surface area contributed by atoms with E-state index in [0.717, 1.165) is 40.6 Å². The molecule has 0 spiro atoms. The Balaban J connectivity index is 1.30. The highest BCUT2D eigenvalue weighted by Crippen LogP contribution is 2.54. The summed E-state index contributed by atoms with van der Waals surface area (Å²) < 4.78 is 1.62. The number of nitrogens with one attached hydrogen (secondary N) is 1. The zero-order chi connectivity index (χ0) is 28.9. The Hall–Kier alpha value is -4.47. The summed E-state index contributed by atoms with van der Waals surface area (Å²) in [4.78, 5) is 54.5. The molecule has 1 aliphatic heterocycles. The van der Waals surface area contributed by atoms with Gasteiger partial charge in [0, 0.05) is 55.2 Å². The molecule has 0 radical (unpaired) electrons. The van der Waals surface area contributed by atoms with Crippen molar-refractivity contribution in [2.75, 3.05) is 0 Å². The molecule has 0 bridgehead atoms. The Morgan fingerprint density at radius 2 is 1.88 bits per heavy atom. The van der Waals surface area contributed by atoms with Gasteiger partial charge in [-0.2, -0.15) is 5.10 Å². The summed E-state index contributed by atoms with van der Waals surface area (Å²) in [5.41, 5.74) is 4.45. The molecule has 2 fully saturated rings. The number of amides is 2. The molecule has 10 nitrogen and oxygen atoms in total. The molecule has 10 heteroatoms. The highest BCUT2D eigenvalue weighted by molar-refractivity contribution is 6.07. The summed E-state index contributed by atoms with van der Waals surface area (Å²) in [7, 11) is 0. The molecule has 1 saturated carbocycles. The van der Waals surface area contributed by atoms with Crippen molar-refractivity contribution in [3.05, 3.63) is 71.7 Å². The van der Waals surface area contributed by atoms with Crippen LogP contribution in [0, 0.1) is 19.3 Å². The third-order valence-electron chi connectivity index (χ3n) is 8.67. The fourth-order valence-corrected chi connectivity index (χ4v) is 6.43. The standard InChI is InChI=1S/C31H33N7O3/c1-18-10-22(23-15-33-20(3)34-16-23)11-24-28(19(2)39)36-37(29(18)24)17-27(40)38-25(12-31(4)8-7-26(31)38)30(41)35-14-21-6-5-9-32-13-21/h5-6,9-11,13,15-16,25-26H,7-8,12,14,17H2,1-4H3,(H,35,41)/t25-,26+,31+/m0/s1. The second-order valence-electron chi connectivity index (χ2n) is 11.6. The first-order chi connectivity index (χ1) is 19.6. The van der Waals surface area contributed by atoms with Gasteiger partial charge in [0.1, 0.15) is 24.1 Å². The Morgan fingerprint density at radius 3 is 2.54 bits per heavy atom. The van der Waals surface area contributed by atoms with E-state index >= 15 is 0 Å². The predicted molar refractivity (Wildman–Crippen MR) is 153 cm³/mol. The molecule has 3 aromatic heterocycles. The quantitative estimate of drug-likeness (QED) is 0.347. The van der Waals surface area contributed by atoms with Gasteiger partial charge < -0.3 is 10.2 Å². The van der Waals surface area contributed by atoms with E-state index in [1.54, 1.807) is 34.4 Å². The summed E-state index contributed by atoms with van der Waals surface area (Å²) in [6.07, 6.45) is 9.41. The summed E-state index contributed by atoms with van der Waals surface area (Å²) >= 11 is 0. The number of aryl methyl sites for hydroxylation is 2. The van der Waals surface area contributed by atoms with Crippen molar-refractivity contribution in [2.45, 2.75) is 72.1 Å². The highest BCUT2D eigenvalue weighted by atomic mass is 16.2. The molecule has 2 aliphatic rings. The smallest absolute Gasteiger partial charge is 0.245 e. The molecular weight excluding hydrogens is 518 g/mol. The molecule has 3 atom stereocenters. The van der Waals surface area contributed by atoms with Crippen molar-refractivity contribution in [3.8, 4) is 11.1 Å². The lowest BCUT2D eigenvalue weighted by Crippen LogP contribution is -2.53. The zero-order valence-electron chi connectivity index (χ0n) is 23.7. The van der Waals surface area contributed by atoms with E-state index in [2.05, 4.69) is 32.3 Å². The number of hydrogen-bond donors (Lipinski definition) is 1. The molecule has 6 rings (SSSR count). The summed E-state index contributed by atoms with van der Waals surface area (Å²) in [5.74, 6) is 0.165. The van der Waals surface area contributed by atoms with Gasteiger partial charge in [0.25, 0.3) is 0 Å². The number of fused-ring (bicyclic) bond motifs is 2. The van der Waals surface area contributed by atoms with E-state index in [9.17, 15) is 14.4 Å². The predicted octanol–water partition coefficient (Wildman–Crippen LogP) is 3.79. The van der Waals surface area contributed by atoms with E-state index in [1.807, 2.05) is 38.1 Å². The highest BCUT2D eigenvalue weighted by Gasteiger charge is 2.58. The lowest BCUT2D eigenvalue weighted by molar-refractivity contribution is -0.143. The van der Waals surface area contributed by atoms with Crippen LogP contribution in [0.3, 0.4) is 0 Å². The molecule has 1 saturated heterocycles.